The summed E-state index contributed by atoms with van der Waals surface area (Å²) in [6, 6.07) is 21.8. The molecule has 2 amide bonds. The highest BCUT2D eigenvalue weighted by Crippen LogP contribution is 2.39. The summed E-state index contributed by atoms with van der Waals surface area (Å²) in [6.45, 7) is 3.76. The second-order valence-corrected chi connectivity index (χ2v) is 12.8. The Labute approximate surface area is 330 Å². The average molecular weight is 777 g/mol. The molecule has 0 atom stereocenters. The van der Waals surface area contributed by atoms with Crippen LogP contribution in [0.25, 0.3) is 0 Å². The summed E-state index contributed by atoms with van der Waals surface area (Å²) in [4.78, 5) is 29.2. The van der Waals surface area contributed by atoms with Crippen LogP contribution in [0.15, 0.2) is 72.8 Å². The van der Waals surface area contributed by atoms with Crippen LogP contribution in [0.5, 0.6) is 46.0 Å². The van der Waals surface area contributed by atoms with Gasteiger partial charge in [-0.25, -0.2) is 0 Å². The van der Waals surface area contributed by atoms with E-state index in [-0.39, 0.29) is 11.8 Å². The molecule has 0 aliphatic rings. The van der Waals surface area contributed by atoms with E-state index in [0.29, 0.717) is 71.9 Å². The lowest BCUT2D eigenvalue weighted by Gasteiger charge is -2.14. The highest BCUT2D eigenvalue weighted by Gasteiger charge is 2.18. The monoisotopic (exact) mass is 776 g/mol. The summed E-state index contributed by atoms with van der Waals surface area (Å²) < 4.78 is 43.1. The van der Waals surface area contributed by atoms with Crippen molar-refractivity contribution in [2.24, 2.45) is 0 Å². The van der Waals surface area contributed by atoms with E-state index in [0.717, 1.165) is 35.7 Å². The zero-order chi connectivity index (χ0) is 41.0. The van der Waals surface area contributed by atoms with Gasteiger partial charge in [-0.15, -0.1) is 0 Å². The molecule has 0 saturated heterocycles. The predicted octanol–water partition coefficient (Wildman–Crippen LogP) is 5.17. The predicted molar refractivity (Wildman–Crippen MR) is 216 cm³/mol. The van der Waals surface area contributed by atoms with Gasteiger partial charge < -0.3 is 58.3 Å². The Kier molecular flexibility index (Phi) is 18.4. The SMILES string of the molecule is COc1cc(C(=O)NCc2ccc(OCCN(C)C)cc2)cc(OC)c1OC.COc1cc(C(=O)NCc2ccc(OCCN(C)C)cc2)cc(OC)c1OC. The summed E-state index contributed by atoms with van der Waals surface area (Å²) in [5, 5.41) is 5.79. The van der Waals surface area contributed by atoms with Crippen molar-refractivity contribution >= 4 is 11.8 Å². The third-order valence-electron chi connectivity index (χ3n) is 8.22. The van der Waals surface area contributed by atoms with Crippen LogP contribution in [0.3, 0.4) is 0 Å². The van der Waals surface area contributed by atoms with Crippen molar-refractivity contribution in [3.8, 4) is 46.0 Å². The smallest absolute Gasteiger partial charge is 0.251 e. The Morgan fingerprint density at radius 3 is 1.04 bits per heavy atom. The summed E-state index contributed by atoms with van der Waals surface area (Å²) in [5.41, 5.74) is 2.80. The number of likely N-dealkylation sites (N-methyl/N-ethyl adjacent to an activating group) is 2. The lowest BCUT2D eigenvalue weighted by molar-refractivity contribution is 0.0942. The quantitative estimate of drug-likeness (QED) is 0.123. The largest absolute Gasteiger partial charge is 0.493 e. The Hall–Kier alpha value is -5.86. The first-order valence-electron chi connectivity index (χ1n) is 17.9. The molecule has 0 saturated carbocycles. The van der Waals surface area contributed by atoms with Crippen LogP contribution in [0.1, 0.15) is 31.8 Å². The molecule has 0 aliphatic carbocycles. The highest BCUT2D eigenvalue weighted by molar-refractivity contribution is 5.96. The summed E-state index contributed by atoms with van der Waals surface area (Å²) in [6.07, 6.45) is 0. The van der Waals surface area contributed by atoms with Crippen molar-refractivity contribution in [2.75, 3.05) is 97.2 Å². The first-order valence-corrected chi connectivity index (χ1v) is 17.9. The molecule has 0 spiro atoms. The summed E-state index contributed by atoms with van der Waals surface area (Å²) in [7, 11) is 17.1. The maximum Gasteiger partial charge on any atom is 0.251 e. The molecule has 4 aromatic rings. The zero-order valence-corrected chi connectivity index (χ0v) is 34.1. The number of benzene rings is 4. The second kappa shape index (κ2) is 23.1. The number of rotatable bonds is 20. The van der Waals surface area contributed by atoms with Gasteiger partial charge in [0.05, 0.1) is 42.7 Å². The van der Waals surface area contributed by atoms with Gasteiger partial charge in [0.2, 0.25) is 11.5 Å². The molecule has 0 fully saturated rings. The van der Waals surface area contributed by atoms with E-state index in [1.807, 2.05) is 76.7 Å². The Bertz CT molecular complexity index is 1630. The molecule has 0 radical (unpaired) electrons. The number of carbonyl (C=O) groups is 2. The Morgan fingerprint density at radius 2 is 0.786 bits per heavy atom. The molecule has 304 valence electrons. The molecule has 56 heavy (non-hydrogen) atoms. The van der Waals surface area contributed by atoms with Crippen molar-refractivity contribution in [3.05, 3.63) is 95.1 Å². The van der Waals surface area contributed by atoms with Crippen molar-refractivity contribution < 1.29 is 47.5 Å². The van der Waals surface area contributed by atoms with Crippen LogP contribution in [-0.2, 0) is 13.1 Å². The molecule has 0 aromatic heterocycles. The fourth-order valence-corrected chi connectivity index (χ4v) is 5.09. The van der Waals surface area contributed by atoms with Gasteiger partial charge in [-0.3, -0.25) is 9.59 Å². The van der Waals surface area contributed by atoms with Gasteiger partial charge >= 0.3 is 0 Å². The number of hydrogen-bond acceptors (Lipinski definition) is 12. The minimum absolute atomic E-state index is 0.231. The topological polar surface area (TPSA) is 139 Å². The van der Waals surface area contributed by atoms with Crippen molar-refractivity contribution in [1.82, 2.24) is 20.4 Å². The zero-order valence-electron chi connectivity index (χ0n) is 34.1. The van der Waals surface area contributed by atoms with Crippen LogP contribution < -0.4 is 48.5 Å². The molecule has 14 nitrogen and oxygen atoms in total. The van der Waals surface area contributed by atoms with Crippen LogP contribution in [0.4, 0.5) is 0 Å². The molecule has 0 unspecified atom stereocenters. The van der Waals surface area contributed by atoms with Gasteiger partial charge in [0, 0.05) is 37.3 Å². The number of methoxy groups -OCH3 is 6. The molecular formula is C42H56N4O10. The van der Waals surface area contributed by atoms with E-state index in [2.05, 4.69) is 20.4 Å². The Morgan fingerprint density at radius 1 is 0.482 bits per heavy atom. The van der Waals surface area contributed by atoms with Gasteiger partial charge in [0.1, 0.15) is 24.7 Å². The standard InChI is InChI=1S/2C21H28N2O5/c2*1-23(2)10-11-28-17-8-6-15(7-9-17)14-22-21(24)16-12-18(25-3)20(27-5)19(13-16)26-4/h2*6-9,12-13H,10-11,14H2,1-5H3,(H,22,24). The number of nitrogens with one attached hydrogen (secondary N) is 2. The number of hydrogen-bond donors (Lipinski definition) is 2. The van der Waals surface area contributed by atoms with Crippen molar-refractivity contribution in [3.63, 3.8) is 0 Å². The van der Waals surface area contributed by atoms with Gasteiger partial charge in [-0.05, 0) is 87.8 Å². The van der Waals surface area contributed by atoms with E-state index in [9.17, 15) is 9.59 Å². The van der Waals surface area contributed by atoms with Crippen molar-refractivity contribution in [1.29, 1.82) is 0 Å². The number of nitrogens with zero attached hydrogens (tertiary/aromatic N) is 2. The van der Waals surface area contributed by atoms with Gasteiger partial charge in [-0.2, -0.15) is 0 Å². The van der Waals surface area contributed by atoms with E-state index in [4.69, 9.17) is 37.9 Å². The number of amides is 2. The molecule has 4 rings (SSSR count). The maximum atomic E-state index is 12.5. The molecule has 2 N–H and O–H groups in total. The minimum atomic E-state index is -0.231. The normalized spacial score (nSPS) is 10.5. The third kappa shape index (κ3) is 13.8. The number of ether oxygens (including phenoxy) is 8. The first kappa shape index (κ1) is 44.5. The maximum absolute atomic E-state index is 12.5. The van der Waals surface area contributed by atoms with Gasteiger partial charge in [0.25, 0.3) is 11.8 Å². The molecule has 0 heterocycles. The fourth-order valence-electron chi connectivity index (χ4n) is 5.09. The molecule has 0 bridgehead atoms. The van der Waals surface area contributed by atoms with E-state index >= 15 is 0 Å². The third-order valence-corrected chi connectivity index (χ3v) is 8.22. The van der Waals surface area contributed by atoms with E-state index in [1.54, 1.807) is 24.3 Å². The fraction of sp³-hybridized carbons (Fsp3) is 0.381. The summed E-state index contributed by atoms with van der Waals surface area (Å²) in [5.74, 6) is 3.80. The van der Waals surface area contributed by atoms with Crippen LogP contribution in [0, 0.1) is 0 Å². The number of carbonyl (C=O) groups excluding carboxylic acids is 2. The van der Waals surface area contributed by atoms with Gasteiger partial charge in [-0.1, -0.05) is 24.3 Å². The van der Waals surface area contributed by atoms with Gasteiger partial charge in [0.15, 0.2) is 23.0 Å². The van der Waals surface area contributed by atoms with Crippen LogP contribution in [-0.4, -0.2) is 119 Å². The lowest BCUT2D eigenvalue weighted by atomic mass is 10.1. The average Bonchev–Trinajstić information content (AvgIpc) is 3.21. The van der Waals surface area contributed by atoms with E-state index in [1.165, 1.54) is 42.7 Å². The molecule has 4 aromatic carbocycles. The highest BCUT2D eigenvalue weighted by atomic mass is 16.5. The first-order chi connectivity index (χ1) is 27.0. The molecule has 14 heteroatoms. The molecule has 0 aliphatic heterocycles. The van der Waals surface area contributed by atoms with Crippen molar-refractivity contribution in [2.45, 2.75) is 13.1 Å². The van der Waals surface area contributed by atoms with Crippen LogP contribution in [0.2, 0.25) is 0 Å². The van der Waals surface area contributed by atoms with E-state index < -0.39 is 0 Å². The molecular weight excluding hydrogens is 720 g/mol. The second-order valence-electron chi connectivity index (χ2n) is 12.8. The lowest BCUT2D eigenvalue weighted by Crippen LogP contribution is -2.23. The minimum Gasteiger partial charge on any atom is -0.493 e. The Balaban J connectivity index is 0.000000300. The van der Waals surface area contributed by atoms with Crippen LogP contribution >= 0.6 is 0 Å². The summed E-state index contributed by atoms with van der Waals surface area (Å²) >= 11 is 0.